The fourth-order valence-corrected chi connectivity index (χ4v) is 3.17. The minimum Gasteiger partial charge on any atom is -0.256 e. The Morgan fingerprint density at radius 3 is 2.53 bits per heavy atom. The van der Waals surface area contributed by atoms with Crippen LogP contribution in [0.15, 0.2) is 11.1 Å². The fourth-order valence-electron chi connectivity index (χ4n) is 2.12. The highest BCUT2D eigenvalue weighted by Crippen LogP contribution is 2.34. The van der Waals surface area contributed by atoms with Crippen molar-refractivity contribution in [2.24, 2.45) is 7.05 Å². The maximum atomic E-state index is 11.2. The van der Waals surface area contributed by atoms with Gasteiger partial charge in [0.15, 0.2) is 5.03 Å². The van der Waals surface area contributed by atoms with Crippen LogP contribution in [0.1, 0.15) is 37.3 Å². The Labute approximate surface area is 93.7 Å². The highest BCUT2D eigenvalue weighted by atomic mass is 35.7. The molecule has 1 saturated carbocycles. The lowest BCUT2D eigenvalue weighted by Crippen LogP contribution is -2.01. The third-order valence-electron chi connectivity index (χ3n) is 2.88. The smallest absolute Gasteiger partial charge is 0.256 e. The van der Waals surface area contributed by atoms with Crippen molar-refractivity contribution in [1.82, 2.24) is 9.78 Å². The summed E-state index contributed by atoms with van der Waals surface area (Å²) in [6, 6.07) is 1.60. The third kappa shape index (κ3) is 2.18. The molecule has 1 aliphatic carbocycles. The van der Waals surface area contributed by atoms with Crippen molar-refractivity contribution >= 4 is 19.7 Å². The van der Waals surface area contributed by atoms with Crippen molar-refractivity contribution in [3.05, 3.63) is 11.8 Å². The maximum absolute atomic E-state index is 11.2. The summed E-state index contributed by atoms with van der Waals surface area (Å²) in [6.45, 7) is 0. The van der Waals surface area contributed by atoms with E-state index in [1.54, 1.807) is 13.1 Å². The van der Waals surface area contributed by atoms with Crippen LogP contribution in [0.4, 0.5) is 0 Å². The number of aryl methyl sites for hydroxylation is 1. The summed E-state index contributed by atoms with van der Waals surface area (Å²) < 4.78 is 23.7. The van der Waals surface area contributed by atoms with E-state index in [0.29, 0.717) is 5.92 Å². The lowest BCUT2D eigenvalue weighted by molar-refractivity contribution is 0.586. The van der Waals surface area contributed by atoms with E-state index in [1.807, 2.05) is 0 Å². The van der Waals surface area contributed by atoms with Crippen molar-refractivity contribution in [3.8, 4) is 0 Å². The molecule has 1 aliphatic rings. The minimum atomic E-state index is -3.67. The van der Waals surface area contributed by atoms with Crippen molar-refractivity contribution < 1.29 is 8.42 Å². The van der Waals surface area contributed by atoms with Gasteiger partial charge in [0.05, 0.1) is 5.69 Å². The first-order valence-electron chi connectivity index (χ1n) is 4.97. The number of rotatable bonds is 2. The molecule has 0 saturated heterocycles. The van der Waals surface area contributed by atoms with E-state index in [4.69, 9.17) is 10.7 Å². The standard InChI is InChI=1S/C9H13ClN2O2S/c1-12-9(15(10,13)14)6-8(11-12)7-4-2-3-5-7/h6-7H,2-5H2,1H3. The molecule has 0 bridgehead atoms. The van der Waals surface area contributed by atoms with Gasteiger partial charge in [-0.3, -0.25) is 4.68 Å². The molecule has 0 radical (unpaired) electrons. The van der Waals surface area contributed by atoms with E-state index in [-0.39, 0.29) is 5.03 Å². The molecule has 1 heterocycles. The zero-order valence-electron chi connectivity index (χ0n) is 8.48. The number of halogens is 1. The maximum Gasteiger partial charge on any atom is 0.278 e. The van der Waals surface area contributed by atoms with E-state index in [2.05, 4.69) is 5.10 Å². The molecule has 0 spiro atoms. The average Bonchev–Trinajstić information content (AvgIpc) is 2.68. The highest BCUT2D eigenvalue weighted by Gasteiger charge is 2.24. The van der Waals surface area contributed by atoms with Gasteiger partial charge in [-0.15, -0.1) is 0 Å². The van der Waals surface area contributed by atoms with Gasteiger partial charge >= 0.3 is 0 Å². The van der Waals surface area contributed by atoms with Crippen molar-refractivity contribution in [1.29, 1.82) is 0 Å². The average molecular weight is 249 g/mol. The Morgan fingerprint density at radius 1 is 1.47 bits per heavy atom. The SMILES string of the molecule is Cn1nc(C2CCCC2)cc1S(=O)(=O)Cl. The Hall–Kier alpha value is -0.550. The van der Waals surface area contributed by atoms with E-state index in [1.165, 1.54) is 17.5 Å². The minimum absolute atomic E-state index is 0.0890. The molecule has 4 nitrogen and oxygen atoms in total. The molecule has 84 valence electrons. The van der Waals surface area contributed by atoms with E-state index < -0.39 is 9.05 Å². The Balaban J connectivity index is 2.36. The monoisotopic (exact) mass is 248 g/mol. The van der Waals surface area contributed by atoms with Crippen LogP contribution >= 0.6 is 10.7 Å². The largest absolute Gasteiger partial charge is 0.278 e. The summed E-state index contributed by atoms with van der Waals surface area (Å²) in [7, 11) is 3.23. The van der Waals surface area contributed by atoms with Crippen LogP contribution in [0, 0.1) is 0 Å². The quantitative estimate of drug-likeness (QED) is 0.753. The van der Waals surface area contributed by atoms with Gasteiger partial charge in [-0.05, 0) is 18.9 Å². The van der Waals surface area contributed by atoms with Crippen LogP contribution < -0.4 is 0 Å². The van der Waals surface area contributed by atoms with E-state index >= 15 is 0 Å². The van der Waals surface area contributed by atoms with Crippen molar-refractivity contribution in [2.45, 2.75) is 36.6 Å². The molecule has 0 N–H and O–H groups in total. The molecule has 15 heavy (non-hydrogen) atoms. The van der Waals surface area contributed by atoms with Gasteiger partial charge in [-0.1, -0.05) is 12.8 Å². The van der Waals surface area contributed by atoms with Gasteiger partial charge in [0.1, 0.15) is 0 Å². The van der Waals surface area contributed by atoms with Crippen molar-refractivity contribution in [2.75, 3.05) is 0 Å². The molecule has 0 aromatic carbocycles. The van der Waals surface area contributed by atoms with Crippen molar-refractivity contribution in [3.63, 3.8) is 0 Å². The molecule has 2 rings (SSSR count). The zero-order valence-corrected chi connectivity index (χ0v) is 10.1. The number of hydrogen-bond acceptors (Lipinski definition) is 3. The summed E-state index contributed by atoms with van der Waals surface area (Å²) in [5.74, 6) is 0.406. The molecular weight excluding hydrogens is 236 g/mol. The molecule has 6 heteroatoms. The summed E-state index contributed by atoms with van der Waals surface area (Å²) in [4.78, 5) is 0. The topological polar surface area (TPSA) is 52.0 Å². The molecule has 0 amide bonds. The summed E-state index contributed by atoms with van der Waals surface area (Å²) in [5, 5.41) is 4.30. The fraction of sp³-hybridized carbons (Fsp3) is 0.667. The summed E-state index contributed by atoms with van der Waals surface area (Å²) in [6.07, 6.45) is 4.59. The first-order valence-corrected chi connectivity index (χ1v) is 7.28. The predicted octanol–water partition coefficient (Wildman–Crippen LogP) is 2.01. The summed E-state index contributed by atoms with van der Waals surface area (Å²) >= 11 is 0. The second-order valence-corrected chi connectivity index (χ2v) is 6.46. The molecule has 1 aromatic rings. The molecule has 0 unspecified atom stereocenters. The van der Waals surface area contributed by atoms with Crippen LogP contribution in [0.5, 0.6) is 0 Å². The van der Waals surface area contributed by atoms with Gasteiger partial charge in [-0.25, -0.2) is 8.42 Å². The molecule has 1 aromatic heterocycles. The molecule has 0 aliphatic heterocycles. The Morgan fingerprint density at radius 2 is 2.07 bits per heavy atom. The van der Waals surface area contributed by atoms with Crippen LogP contribution in [0.2, 0.25) is 0 Å². The van der Waals surface area contributed by atoms with Crippen LogP contribution in [0.3, 0.4) is 0 Å². The first-order chi connectivity index (χ1) is 6.98. The van der Waals surface area contributed by atoms with Gasteiger partial charge in [0, 0.05) is 23.6 Å². The van der Waals surface area contributed by atoms with E-state index in [0.717, 1.165) is 18.5 Å². The lowest BCUT2D eigenvalue weighted by Gasteiger charge is -2.02. The Bertz CT molecular complexity index is 460. The number of nitrogens with zero attached hydrogens (tertiary/aromatic N) is 2. The Kier molecular flexibility index (Phi) is 2.77. The predicted molar refractivity (Wildman–Crippen MR) is 57.5 cm³/mol. The second-order valence-electron chi connectivity index (χ2n) is 3.95. The first kappa shape index (κ1) is 11.0. The third-order valence-corrected chi connectivity index (χ3v) is 4.24. The van der Waals surface area contributed by atoms with Crippen LogP contribution in [-0.4, -0.2) is 18.2 Å². The van der Waals surface area contributed by atoms with Gasteiger partial charge in [0.25, 0.3) is 9.05 Å². The van der Waals surface area contributed by atoms with Gasteiger partial charge < -0.3 is 0 Å². The van der Waals surface area contributed by atoms with E-state index in [9.17, 15) is 8.42 Å². The summed E-state index contributed by atoms with van der Waals surface area (Å²) in [5.41, 5.74) is 0.856. The molecule has 0 atom stereocenters. The molecular formula is C9H13ClN2O2S. The molecule has 1 fully saturated rings. The lowest BCUT2D eigenvalue weighted by atomic mass is 10.1. The zero-order chi connectivity index (χ0) is 11.1. The number of aromatic nitrogens is 2. The normalized spacial score (nSPS) is 18.5. The highest BCUT2D eigenvalue weighted by molar-refractivity contribution is 8.13. The van der Waals surface area contributed by atoms with Crippen LogP contribution in [0.25, 0.3) is 0 Å². The van der Waals surface area contributed by atoms with Crippen LogP contribution in [-0.2, 0) is 16.1 Å². The second kappa shape index (κ2) is 3.79. The van der Waals surface area contributed by atoms with Gasteiger partial charge in [0.2, 0.25) is 0 Å². The number of hydrogen-bond donors (Lipinski definition) is 0. The van der Waals surface area contributed by atoms with Gasteiger partial charge in [-0.2, -0.15) is 5.10 Å².